The highest BCUT2D eigenvalue weighted by molar-refractivity contribution is 6.00. The molecule has 0 atom stereocenters. The van der Waals surface area contributed by atoms with Crippen LogP contribution in [-0.4, -0.2) is 68.3 Å². The monoisotopic (exact) mass is 545 g/mol. The van der Waals surface area contributed by atoms with Crippen LogP contribution in [0.3, 0.4) is 0 Å². The van der Waals surface area contributed by atoms with E-state index in [1.807, 2.05) is 24.3 Å². The number of nitrogens with zero attached hydrogens (tertiary/aromatic N) is 3. The van der Waals surface area contributed by atoms with E-state index < -0.39 is 11.8 Å². The molecule has 10 heteroatoms. The first-order valence-electron chi connectivity index (χ1n) is 13.0. The van der Waals surface area contributed by atoms with Gasteiger partial charge in [-0.3, -0.25) is 9.88 Å². The van der Waals surface area contributed by atoms with Crippen molar-refractivity contribution in [1.82, 2.24) is 14.8 Å². The Morgan fingerprint density at radius 2 is 1.70 bits per heavy atom. The summed E-state index contributed by atoms with van der Waals surface area (Å²) in [6, 6.07) is 16.6. The summed E-state index contributed by atoms with van der Waals surface area (Å²) in [6.45, 7) is 4.91. The van der Waals surface area contributed by atoms with E-state index in [1.54, 1.807) is 44.7 Å². The molecule has 2 amide bonds. The topological polar surface area (TPSA) is 88.2 Å². The second-order valence-corrected chi connectivity index (χ2v) is 9.64. The number of carbonyl (C=O) groups is 1. The lowest BCUT2D eigenvalue weighted by atomic mass is 10.1. The van der Waals surface area contributed by atoms with Gasteiger partial charge in [-0.25, -0.2) is 9.18 Å². The molecule has 2 N–H and O–H groups in total. The molecule has 1 fully saturated rings. The molecule has 1 saturated heterocycles. The van der Waals surface area contributed by atoms with E-state index in [9.17, 15) is 9.18 Å². The minimum Gasteiger partial charge on any atom is -0.493 e. The van der Waals surface area contributed by atoms with Crippen LogP contribution in [0.5, 0.6) is 23.0 Å². The second kappa shape index (κ2) is 12.2. The molecule has 0 radical (unpaired) electrons. The number of anilines is 2. The maximum atomic E-state index is 15.0. The highest BCUT2D eigenvalue weighted by Gasteiger charge is 2.15. The van der Waals surface area contributed by atoms with E-state index in [1.165, 1.54) is 12.1 Å². The Hall–Kier alpha value is -4.41. The molecule has 5 rings (SSSR count). The first-order chi connectivity index (χ1) is 19.4. The normalized spacial score (nSPS) is 14.1. The van der Waals surface area contributed by atoms with E-state index >= 15 is 0 Å². The number of piperazine rings is 1. The van der Waals surface area contributed by atoms with E-state index in [2.05, 4.69) is 32.5 Å². The van der Waals surface area contributed by atoms with Gasteiger partial charge in [-0.1, -0.05) is 12.1 Å². The number of methoxy groups -OCH3 is 2. The first-order valence-corrected chi connectivity index (χ1v) is 13.0. The molecule has 0 saturated carbocycles. The number of rotatable bonds is 8. The maximum Gasteiger partial charge on any atom is 0.323 e. The van der Waals surface area contributed by atoms with Crippen LogP contribution >= 0.6 is 0 Å². The number of hydrogen-bond donors (Lipinski definition) is 2. The fourth-order valence-corrected chi connectivity index (χ4v) is 4.62. The summed E-state index contributed by atoms with van der Waals surface area (Å²) in [5.41, 5.74) is 2.42. The molecule has 1 aliphatic heterocycles. The molecule has 208 valence electrons. The summed E-state index contributed by atoms with van der Waals surface area (Å²) >= 11 is 0. The zero-order valence-electron chi connectivity index (χ0n) is 22.7. The third-order valence-electron chi connectivity index (χ3n) is 6.81. The van der Waals surface area contributed by atoms with Crippen molar-refractivity contribution in [2.24, 2.45) is 0 Å². The van der Waals surface area contributed by atoms with Gasteiger partial charge >= 0.3 is 6.03 Å². The van der Waals surface area contributed by atoms with Crippen LogP contribution in [0.4, 0.5) is 20.6 Å². The summed E-state index contributed by atoms with van der Waals surface area (Å²) in [4.78, 5) is 21.7. The lowest BCUT2D eigenvalue weighted by Gasteiger charge is -2.32. The fourth-order valence-electron chi connectivity index (χ4n) is 4.62. The van der Waals surface area contributed by atoms with Gasteiger partial charge in [0.1, 0.15) is 17.3 Å². The number of benzene rings is 3. The standard InChI is InChI=1S/C30H32FN5O4/c1-35-11-13-36(14-12-35)19-20-5-4-6-21(15-20)33-30(37)34-25-8-7-22(16-24(25)31)40-27-9-10-32-26-18-29(39-3)28(38-2)17-23(26)27/h4-10,15-18H,11-14,19H2,1-3H3,(H2,33,34,37). The summed E-state index contributed by atoms with van der Waals surface area (Å²) < 4.78 is 31.7. The number of likely N-dealkylation sites (N-methyl/N-ethyl adjacent to an activating group) is 1. The number of halogens is 1. The SMILES string of the molecule is COc1cc2nccc(Oc3ccc(NC(=O)Nc4cccc(CN5CCN(C)CC5)c4)c(F)c3)c2cc1OC. The summed E-state index contributed by atoms with van der Waals surface area (Å²) in [5.74, 6) is 1.17. The van der Waals surface area contributed by atoms with Crippen molar-refractivity contribution in [3.63, 3.8) is 0 Å². The van der Waals surface area contributed by atoms with Crippen LogP contribution < -0.4 is 24.8 Å². The van der Waals surface area contributed by atoms with Crippen molar-refractivity contribution in [2.45, 2.75) is 6.54 Å². The number of hydrogen-bond acceptors (Lipinski definition) is 7. The van der Waals surface area contributed by atoms with Crippen molar-refractivity contribution in [3.05, 3.63) is 78.2 Å². The number of amides is 2. The minimum absolute atomic E-state index is 0.0319. The number of fused-ring (bicyclic) bond motifs is 1. The number of carbonyl (C=O) groups excluding carboxylic acids is 1. The van der Waals surface area contributed by atoms with Gasteiger partial charge in [0.05, 0.1) is 25.4 Å². The lowest BCUT2D eigenvalue weighted by Crippen LogP contribution is -2.43. The smallest absolute Gasteiger partial charge is 0.323 e. The number of urea groups is 1. The van der Waals surface area contributed by atoms with Crippen molar-refractivity contribution in [3.8, 4) is 23.0 Å². The van der Waals surface area contributed by atoms with E-state index in [4.69, 9.17) is 14.2 Å². The minimum atomic E-state index is -0.630. The molecule has 0 bridgehead atoms. The molecule has 4 aromatic rings. The van der Waals surface area contributed by atoms with Gasteiger partial charge in [0, 0.05) is 62.1 Å². The van der Waals surface area contributed by atoms with Gasteiger partial charge in [0.25, 0.3) is 0 Å². The average molecular weight is 546 g/mol. The quantitative estimate of drug-likeness (QED) is 0.299. The Morgan fingerprint density at radius 1 is 0.925 bits per heavy atom. The average Bonchev–Trinajstić information content (AvgIpc) is 2.95. The molecule has 9 nitrogen and oxygen atoms in total. The van der Waals surface area contributed by atoms with Crippen molar-refractivity contribution >= 4 is 28.3 Å². The second-order valence-electron chi connectivity index (χ2n) is 9.64. The van der Waals surface area contributed by atoms with Gasteiger partial charge in [-0.2, -0.15) is 0 Å². The number of ether oxygens (including phenoxy) is 3. The molecule has 0 aliphatic carbocycles. The van der Waals surface area contributed by atoms with Gasteiger partial charge in [0.15, 0.2) is 11.5 Å². The van der Waals surface area contributed by atoms with Crippen molar-refractivity contribution < 1.29 is 23.4 Å². The van der Waals surface area contributed by atoms with Gasteiger partial charge in [-0.15, -0.1) is 0 Å². The molecular formula is C30H32FN5O4. The molecule has 2 heterocycles. The van der Waals surface area contributed by atoms with Crippen LogP contribution in [0.25, 0.3) is 10.9 Å². The van der Waals surface area contributed by atoms with E-state index in [0.29, 0.717) is 33.8 Å². The van der Waals surface area contributed by atoms with E-state index in [0.717, 1.165) is 38.3 Å². The van der Waals surface area contributed by atoms with Crippen molar-refractivity contribution in [2.75, 3.05) is 58.1 Å². The van der Waals surface area contributed by atoms with Gasteiger partial charge < -0.3 is 29.7 Å². The largest absolute Gasteiger partial charge is 0.493 e. The van der Waals surface area contributed by atoms with Crippen LogP contribution in [0.1, 0.15) is 5.56 Å². The van der Waals surface area contributed by atoms with Gasteiger partial charge in [0.2, 0.25) is 0 Å². The van der Waals surface area contributed by atoms with Crippen LogP contribution in [0, 0.1) is 5.82 Å². The maximum absolute atomic E-state index is 15.0. The molecule has 1 aromatic heterocycles. The van der Waals surface area contributed by atoms with Crippen LogP contribution in [0.2, 0.25) is 0 Å². The number of pyridine rings is 1. The number of aromatic nitrogens is 1. The summed E-state index contributed by atoms with van der Waals surface area (Å²) in [7, 11) is 5.22. The Morgan fingerprint density at radius 3 is 2.45 bits per heavy atom. The zero-order chi connectivity index (χ0) is 28.1. The van der Waals surface area contributed by atoms with Crippen LogP contribution in [-0.2, 0) is 6.54 Å². The van der Waals surface area contributed by atoms with Gasteiger partial charge in [-0.05, 0) is 49.0 Å². The first kappa shape index (κ1) is 27.2. The van der Waals surface area contributed by atoms with Crippen LogP contribution in [0.15, 0.2) is 66.9 Å². The Kier molecular flexibility index (Phi) is 8.28. The predicted molar refractivity (Wildman–Crippen MR) is 153 cm³/mol. The molecule has 0 spiro atoms. The summed E-state index contributed by atoms with van der Waals surface area (Å²) in [6.07, 6.45) is 1.60. The Balaban J connectivity index is 1.23. The third kappa shape index (κ3) is 6.41. The highest BCUT2D eigenvalue weighted by atomic mass is 19.1. The van der Waals surface area contributed by atoms with E-state index in [-0.39, 0.29) is 11.4 Å². The molecule has 40 heavy (non-hydrogen) atoms. The third-order valence-corrected chi connectivity index (χ3v) is 6.81. The number of nitrogens with one attached hydrogen (secondary N) is 2. The zero-order valence-corrected chi connectivity index (χ0v) is 22.7. The molecule has 0 unspecified atom stereocenters. The molecular weight excluding hydrogens is 513 g/mol. The highest BCUT2D eigenvalue weighted by Crippen LogP contribution is 2.37. The van der Waals surface area contributed by atoms with Crippen molar-refractivity contribution in [1.29, 1.82) is 0 Å². The Bertz CT molecular complexity index is 1510. The molecule has 1 aliphatic rings. The molecule has 3 aromatic carbocycles. The predicted octanol–water partition coefficient (Wildman–Crippen LogP) is 5.57. The summed E-state index contributed by atoms with van der Waals surface area (Å²) in [5, 5.41) is 6.05. The Labute approximate surface area is 232 Å². The fraction of sp³-hybridized carbons (Fsp3) is 0.267. The lowest BCUT2D eigenvalue weighted by molar-refractivity contribution is 0.148.